The molecule has 7 heteroatoms. The summed E-state index contributed by atoms with van der Waals surface area (Å²) < 4.78 is 11.5. The first-order valence-electron chi connectivity index (χ1n) is 8.28. The second-order valence-electron chi connectivity index (χ2n) is 6.10. The lowest BCUT2D eigenvalue weighted by Gasteiger charge is -2.18. The van der Waals surface area contributed by atoms with Crippen molar-refractivity contribution in [1.82, 2.24) is 0 Å². The van der Waals surface area contributed by atoms with Crippen LogP contribution in [0, 0.1) is 6.92 Å². The van der Waals surface area contributed by atoms with Crippen molar-refractivity contribution < 1.29 is 23.9 Å². The van der Waals surface area contributed by atoms with Gasteiger partial charge in [0.25, 0.3) is 5.91 Å². The van der Waals surface area contributed by atoms with E-state index >= 15 is 0 Å². The van der Waals surface area contributed by atoms with Gasteiger partial charge in [-0.15, -0.1) is 11.3 Å². The van der Waals surface area contributed by atoms with Crippen molar-refractivity contribution in [3.05, 3.63) is 58.5 Å². The lowest BCUT2D eigenvalue weighted by molar-refractivity contribution is -0.118. The van der Waals surface area contributed by atoms with Gasteiger partial charge >= 0.3 is 5.97 Å². The average Bonchev–Trinajstić information content (AvgIpc) is 3.02. The molecule has 1 aromatic heterocycles. The number of hydrogen-bond acceptors (Lipinski definition) is 6. The molecule has 0 saturated carbocycles. The number of nitrogens with one attached hydrogen (secondary N) is 1. The fourth-order valence-corrected chi connectivity index (χ4v) is 4.01. The molecule has 2 aromatic carbocycles. The minimum absolute atomic E-state index is 0.0492. The summed E-state index contributed by atoms with van der Waals surface area (Å²) in [5.74, 6) is -0.649. The number of Topliss-reactive ketones (excluding diaryl/α,β-unsaturated/α-hetero) is 1. The van der Waals surface area contributed by atoms with E-state index in [0.717, 1.165) is 15.6 Å². The zero-order valence-electron chi connectivity index (χ0n) is 14.4. The Morgan fingerprint density at radius 3 is 2.85 bits per heavy atom. The summed E-state index contributed by atoms with van der Waals surface area (Å²) in [5.41, 5.74) is 1.62. The van der Waals surface area contributed by atoms with Gasteiger partial charge in [-0.3, -0.25) is 9.59 Å². The van der Waals surface area contributed by atoms with E-state index in [-0.39, 0.29) is 24.9 Å². The SMILES string of the molecule is Cc1c(C(=O)OCC(=O)c2ccc3c(c2)NC(=O)CO3)sc2ccccc12. The van der Waals surface area contributed by atoms with Gasteiger partial charge in [0.05, 0.1) is 5.69 Å². The molecule has 136 valence electrons. The van der Waals surface area contributed by atoms with Gasteiger partial charge in [0.15, 0.2) is 19.0 Å². The smallest absolute Gasteiger partial charge is 0.349 e. The van der Waals surface area contributed by atoms with Crippen LogP contribution < -0.4 is 10.1 Å². The third kappa shape index (κ3) is 3.29. The third-order valence-corrected chi connectivity index (χ3v) is 5.55. The molecule has 4 rings (SSSR count). The van der Waals surface area contributed by atoms with E-state index in [9.17, 15) is 14.4 Å². The monoisotopic (exact) mass is 381 g/mol. The molecule has 1 aliphatic heterocycles. The molecule has 0 saturated heterocycles. The molecule has 3 aromatic rings. The van der Waals surface area contributed by atoms with Gasteiger partial charge in [-0.25, -0.2) is 4.79 Å². The number of ether oxygens (including phenoxy) is 2. The number of amides is 1. The molecule has 1 N–H and O–H groups in total. The van der Waals surface area contributed by atoms with Crippen LogP contribution in [0.5, 0.6) is 5.75 Å². The Labute approximate surface area is 158 Å². The predicted octanol–water partition coefficient (Wildman–Crippen LogP) is 3.58. The summed E-state index contributed by atoms with van der Waals surface area (Å²) in [5, 5.41) is 3.65. The van der Waals surface area contributed by atoms with E-state index in [1.807, 2.05) is 31.2 Å². The number of thiophene rings is 1. The highest BCUT2D eigenvalue weighted by Gasteiger charge is 2.20. The number of fused-ring (bicyclic) bond motifs is 2. The molecule has 1 aliphatic rings. The molecule has 0 atom stereocenters. The number of anilines is 1. The quantitative estimate of drug-likeness (QED) is 0.552. The van der Waals surface area contributed by atoms with E-state index in [1.165, 1.54) is 17.4 Å². The van der Waals surface area contributed by atoms with E-state index in [4.69, 9.17) is 9.47 Å². The average molecular weight is 381 g/mol. The summed E-state index contributed by atoms with van der Waals surface area (Å²) >= 11 is 1.35. The van der Waals surface area contributed by atoms with E-state index in [1.54, 1.807) is 12.1 Å². The molecule has 27 heavy (non-hydrogen) atoms. The number of rotatable bonds is 4. The Balaban J connectivity index is 1.47. The van der Waals surface area contributed by atoms with Crippen LogP contribution in [0.15, 0.2) is 42.5 Å². The Bertz CT molecular complexity index is 1090. The molecule has 0 aliphatic carbocycles. The molecule has 1 amide bonds. The number of carbonyl (C=O) groups is 3. The highest BCUT2D eigenvalue weighted by molar-refractivity contribution is 7.21. The maximum Gasteiger partial charge on any atom is 0.349 e. The van der Waals surface area contributed by atoms with Gasteiger partial charge in [-0.1, -0.05) is 18.2 Å². The molecule has 0 spiro atoms. The topological polar surface area (TPSA) is 81.7 Å². The van der Waals surface area contributed by atoms with Crippen molar-refractivity contribution in [3.63, 3.8) is 0 Å². The van der Waals surface area contributed by atoms with Crippen molar-refractivity contribution in [3.8, 4) is 5.75 Å². The summed E-state index contributed by atoms with van der Waals surface area (Å²) in [6, 6.07) is 12.4. The third-order valence-electron chi connectivity index (χ3n) is 4.30. The summed E-state index contributed by atoms with van der Waals surface area (Å²) in [6.45, 7) is 1.44. The maximum absolute atomic E-state index is 12.4. The first-order valence-corrected chi connectivity index (χ1v) is 9.10. The zero-order valence-corrected chi connectivity index (χ0v) is 15.2. The summed E-state index contributed by atoms with van der Waals surface area (Å²) in [4.78, 5) is 36.7. The number of esters is 1. The molecular formula is C20H15NO5S. The standard InChI is InChI=1S/C20H15NO5S/c1-11-13-4-2-3-5-17(13)27-19(11)20(24)26-9-15(22)12-6-7-16-14(8-12)21-18(23)10-25-16/h2-8H,9-10H2,1H3,(H,21,23). The molecule has 0 fully saturated rings. The summed E-state index contributed by atoms with van der Waals surface area (Å²) in [7, 11) is 0. The second-order valence-corrected chi connectivity index (χ2v) is 7.15. The number of ketones is 1. The van der Waals surface area contributed by atoms with Crippen LogP contribution in [0.4, 0.5) is 5.69 Å². The fourth-order valence-electron chi connectivity index (χ4n) is 2.91. The summed E-state index contributed by atoms with van der Waals surface area (Å²) in [6.07, 6.45) is 0. The Morgan fingerprint density at radius 1 is 1.22 bits per heavy atom. The van der Waals surface area contributed by atoms with Crippen LogP contribution in [0.2, 0.25) is 0 Å². The normalized spacial score (nSPS) is 12.9. The predicted molar refractivity (Wildman–Crippen MR) is 102 cm³/mol. The molecule has 0 bridgehead atoms. The molecule has 0 unspecified atom stereocenters. The van der Waals surface area contributed by atoms with Crippen molar-refractivity contribution in [2.24, 2.45) is 0 Å². The fraction of sp³-hybridized carbons (Fsp3) is 0.150. The van der Waals surface area contributed by atoms with E-state index < -0.39 is 5.97 Å². The highest BCUT2D eigenvalue weighted by Crippen LogP contribution is 2.31. The second kappa shape index (κ2) is 6.85. The molecule has 0 radical (unpaired) electrons. The van der Waals surface area contributed by atoms with Crippen molar-refractivity contribution in [2.75, 3.05) is 18.5 Å². The number of aryl methyl sites for hydroxylation is 1. The Morgan fingerprint density at radius 2 is 2.04 bits per heavy atom. The Kier molecular flexibility index (Phi) is 4.37. The van der Waals surface area contributed by atoms with E-state index in [2.05, 4.69) is 5.32 Å². The lowest BCUT2D eigenvalue weighted by atomic mass is 10.1. The first-order chi connectivity index (χ1) is 13.0. The molecular weight excluding hydrogens is 366 g/mol. The van der Waals surface area contributed by atoms with Crippen molar-refractivity contribution in [2.45, 2.75) is 6.92 Å². The van der Waals surface area contributed by atoms with Gasteiger partial charge in [0.2, 0.25) is 0 Å². The van der Waals surface area contributed by atoms with Crippen LogP contribution in [-0.4, -0.2) is 30.9 Å². The zero-order chi connectivity index (χ0) is 19.0. The number of hydrogen-bond donors (Lipinski definition) is 1. The minimum atomic E-state index is -0.517. The van der Waals surface area contributed by atoms with Crippen molar-refractivity contribution >= 4 is 44.8 Å². The van der Waals surface area contributed by atoms with Gasteiger partial charge < -0.3 is 14.8 Å². The number of carbonyl (C=O) groups excluding carboxylic acids is 3. The van der Waals surface area contributed by atoms with Crippen LogP contribution in [0.1, 0.15) is 25.6 Å². The van der Waals surface area contributed by atoms with Crippen LogP contribution in [0.25, 0.3) is 10.1 Å². The van der Waals surface area contributed by atoms with Crippen LogP contribution in [0.3, 0.4) is 0 Å². The van der Waals surface area contributed by atoms with Gasteiger partial charge in [-0.05, 0) is 42.1 Å². The van der Waals surface area contributed by atoms with E-state index in [0.29, 0.717) is 21.9 Å². The molecule has 2 heterocycles. The first kappa shape index (κ1) is 17.2. The minimum Gasteiger partial charge on any atom is -0.482 e. The van der Waals surface area contributed by atoms with Gasteiger partial charge in [0, 0.05) is 10.3 Å². The number of benzene rings is 2. The maximum atomic E-state index is 12.4. The van der Waals surface area contributed by atoms with Gasteiger partial charge in [0.1, 0.15) is 10.6 Å². The Hall–Kier alpha value is -3.19. The van der Waals surface area contributed by atoms with Crippen LogP contribution >= 0.6 is 11.3 Å². The van der Waals surface area contributed by atoms with Gasteiger partial charge in [-0.2, -0.15) is 0 Å². The largest absolute Gasteiger partial charge is 0.482 e. The van der Waals surface area contributed by atoms with Crippen molar-refractivity contribution in [1.29, 1.82) is 0 Å². The lowest BCUT2D eigenvalue weighted by Crippen LogP contribution is -2.25. The van der Waals surface area contributed by atoms with Crippen LogP contribution in [-0.2, 0) is 9.53 Å². The highest BCUT2D eigenvalue weighted by atomic mass is 32.1. The molecule has 6 nitrogen and oxygen atoms in total.